The smallest absolute Gasteiger partial charge is 0.462 e. The van der Waals surface area contributed by atoms with E-state index in [0.717, 1.165) is 32.1 Å². The van der Waals surface area contributed by atoms with E-state index in [0.29, 0.717) is 19.3 Å². The summed E-state index contributed by atoms with van der Waals surface area (Å²) in [4.78, 5) is 52.7. The third kappa shape index (κ3) is 44.2. The Morgan fingerprint density at radius 3 is 1.70 bits per heavy atom. The molecule has 0 spiro atoms. The van der Waals surface area contributed by atoms with E-state index < -0.39 is 78.4 Å². The lowest BCUT2D eigenvalue weighted by atomic mass is 10.1. The van der Waals surface area contributed by atoms with Crippen molar-refractivity contribution in [3.05, 3.63) is 85.1 Å². The van der Waals surface area contributed by atoms with Crippen molar-refractivity contribution in [2.24, 2.45) is 0 Å². The van der Waals surface area contributed by atoms with Gasteiger partial charge in [0, 0.05) is 12.8 Å². The summed E-state index contributed by atoms with van der Waals surface area (Å²) in [5.74, 6) is -1.34. The molecule has 0 heterocycles. The van der Waals surface area contributed by atoms with Gasteiger partial charge in [0.25, 0.3) is 0 Å². The number of rotatable bonds is 41. The number of hydrogen-bond acceptors (Lipinski definition) is 12. The van der Waals surface area contributed by atoms with Crippen LogP contribution in [0.1, 0.15) is 142 Å². The van der Waals surface area contributed by atoms with Crippen LogP contribution in [0.25, 0.3) is 0 Å². The van der Waals surface area contributed by atoms with E-state index in [1.54, 1.807) is 36.5 Å². The molecule has 0 bridgehead atoms. The van der Waals surface area contributed by atoms with E-state index in [9.17, 15) is 38.9 Å². The molecular weight excluding hydrogens is 854 g/mol. The van der Waals surface area contributed by atoms with Crippen molar-refractivity contribution in [3.63, 3.8) is 0 Å². The molecule has 0 aliphatic carbocycles. The zero-order chi connectivity index (χ0) is 46.9. The molecular formula is C46H78O15P2. The number of aliphatic hydroxyl groups is 3. The first kappa shape index (κ1) is 60.2. The number of esters is 2. The molecule has 0 aromatic carbocycles. The summed E-state index contributed by atoms with van der Waals surface area (Å²) in [5.41, 5.74) is 0. The monoisotopic (exact) mass is 932 g/mol. The fraction of sp³-hybridized carbons (Fsp3) is 0.652. The van der Waals surface area contributed by atoms with Crippen LogP contribution in [0.4, 0.5) is 0 Å². The standard InChI is InChI=1S/C46H78O15P2/c1-3-5-7-9-11-12-13-14-15-16-17-18-19-20-21-23-29-35-46(51)61-44(40-60-63(55,56)59-38-43(49)37-58-62(52,53)54)39-57-45(50)36-30-34-42(48)33-28-25-24-27-32-41(47)31-26-22-10-8-6-4-2/h14-15,17-18,20-22,24-28,32-33,41-44,47-49H,3-13,16,19,23,29-31,34-40H2,1-2H3,(H,55,56)(H2,52,53,54)/b15-14-,18-17-,21-20-,25-24+,26-22-,32-27+,33-28-/t41-,42-,43+,44-/m1/s1. The van der Waals surface area contributed by atoms with Crippen molar-refractivity contribution < 1.29 is 71.8 Å². The lowest BCUT2D eigenvalue weighted by molar-refractivity contribution is -0.161. The average molecular weight is 933 g/mol. The Kier molecular flexibility index (Phi) is 38.9. The molecule has 0 saturated heterocycles. The topological polar surface area (TPSA) is 236 Å². The van der Waals surface area contributed by atoms with E-state index in [2.05, 4.69) is 53.3 Å². The first-order chi connectivity index (χ1) is 30.2. The van der Waals surface area contributed by atoms with Crippen LogP contribution in [0.15, 0.2) is 85.1 Å². The van der Waals surface area contributed by atoms with Gasteiger partial charge in [-0.15, -0.1) is 0 Å². The molecule has 5 atom stereocenters. The summed E-state index contributed by atoms with van der Waals surface area (Å²) >= 11 is 0. The fourth-order valence-corrected chi connectivity index (χ4v) is 6.59. The molecule has 0 aliphatic heterocycles. The number of hydrogen-bond donors (Lipinski definition) is 6. The molecule has 17 heteroatoms. The van der Waals surface area contributed by atoms with Crippen LogP contribution < -0.4 is 0 Å². The number of allylic oxidation sites excluding steroid dienone is 11. The van der Waals surface area contributed by atoms with Crippen LogP contribution in [0, 0.1) is 0 Å². The quantitative estimate of drug-likeness (QED) is 0.0110. The minimum atomic E-state index is -4.90. The molecule has 0 saturated carbocycles. The number of carbonyl (C=O) groups is 2. The predicted molar refractivity (Wildman–Crippen MR) is 246 cm³/mol. The summed E-state index contributed by atoms with van der Waals surface area (Å²) < 4.78 is 47.5. The van der Waals surface area contributed by atoms with Crippen LogP contribution in [-0.2, 0) is 41.8 Å². The number of phosphoric acid groups is 2. The van der Waals surface area contributed by atoms with E-state index >= 15 is 0 Å². The first-order valence-electron chi connectivity index (χ1n) is 22.5. The minimum absolute atomic E-state index is 0.00274. The van der Waals surface area contributed by atoms with Crippen LogP contribution >= 0.6 is 15.6 Å². The van der Waals surface area contributed by atoms with Gasteiger partial charge in [0.15, 0.2) is 6.10 Å². The second-order valence-corrected chi connectivity index (χ2v) is 17.7. The van der Waals surface area contributed by atoms with Gasteiger partial charge in [-0.2, -0.15) is 0 Å². The summed E-state index contributed by atoms with van der Waals surface area (Å²) in [6.45, 7) is 1.35. The normalized spacial score (nSPS) is 15.7. The number of phosphoric ester groups is 2. The Hall–Kier alpha value is -2.78. The molecule has 63 heavy (non-hydrogen) atoms. The van der Waals surface area contributed by atoms with Crippen LogP contribution in [-0.4, -0.2) is 92.8 Å². The SMILES string of the molecule is CCCCC/C=C\C[C@@H](O)/C=C/C=C/C=C\[C@@H](O)CCCC(=O)OC[C@H](COP(=O)(O)OC[C@@H](O)COP(=O)(O)O)OC(=O)CCC/C=C\C/C=C\C/C=C\CCCCCCCC. The van der Waals surface area contributed by atoms with Crippen molar-refractivity contribution >= 4 is 27.6 Å². The molecule has 0 aliphatic rings. The van der Waals surface area contributed by atoms with Crippen molar-refractivity contribution in [3.8, 4) is 0 Å². The van der Waals surface area contributed by atoms with Gasteiger partial charge in [0.2, 0.25) is 0 Å². The lowest BCUT2D eigenvalue weighted by Crippen LogP contribution is -2.30. The highest BCUT2D eigenvalue weighted by Crippen LogP contribution is 2.43. The number of unbranched alkanes of at least 4 members (excludes halogenated alkanes) is 10. The Balaban J connectivity index is 4.84. The third-order valence-corrected chi connectivity index (χ3v) is 10.4. The molecule has 15 nitrogen and oxygen atoms in total. The summed E-state index contributed by atoms with van der Waals surface area (Å²) in [6.07, 6.45) is 39.3. The van der Waals surface area contributed by atoms with E-state index in [1.165, 1.54) is 51.4 Å². The maximum Gasteiger partial charge on any atom is 0.472 e. The summed E-state index contributed by atoms with van der Waals surface area (Å²) in [5, 5.41) is 30.0. The molecule has 1 unspecified atom stereocenters. The van der Waals surface area contributed by atoms with Gasteiger partial charge < -0.3 is 39.5 Å². The number of aliphatic hydroxyl groups excluding tert-OH is 3. The Labute approximate surface area is 376 Å². The highest BCUT2D eigenvalue weighted by molar-refractivity contribution is 7.47. The Morgan fingerprint density at radius 1 is 0.540 bits per heavy atom. The largest absolute Gasteiger partial charge is 0.472 e. The van der Waals surface area contributed by atoms with Crippen LogP contribution in [0.2, 0.25) is 0 Å². The van der Waals surface area contributed by atoms with Gasteiger partial charge in [-0.1, -0.05) is 144 Å². The van der Waals surface area contributed by atoms with Crippen molar-refractivity contribution in [1.82, 2.24) is 0 Å². The third-order valence-electron chi connectivity index (χ3n) is 8.94. The number of carbonyl (C=O) groups excluding carboxylic acids is 2. The highest BCUT2D eigenvalue weighted by Gasteiger charge is 2.28. The summed E-state index contributed by atoms with van der Waals surface area (Å²) in [6, 6.07) is 0. The molecule has 6 N–H and O–H groups in total. The van der Waals surface area contributed by atoms with Gasteiger partial charge >= 0.3 is 27.6 Å². The maximum absolute atomic E-state index is 12.7. The molecule has 0 aromatic rings. The summed E-state index contributed by atoms with van der Waals surface area (Å²) in [7, 11) is -9.78. The first-order valence-corrected chi connectivity index (χ1v) is 25.5. The van der Waals surface area contributed by atoms with Crippen molar-refractivity contribution in [2.45, 2.75) is 167 Å². The Morgan fingerprint density at radius 2 is 1.05 bits per heavy atom. The molecule has 0 aromatic heterocycles. The molecule has 0 fully saturated rings. The predicted octanol–water partition coefficient (Wildman–Crippen LogP) is 9.50. The maximum atomic E-state index is 12.7. The van der Waals surface area contributed by atoms with Crippen molar-refractivity contribution in [2.75, 3.05) is 26.4 Å². The lowest BCUT2D eigenvalue weighted by Gasteiger charge is -2.20. The van der Waals surface area contributed by atoms with E-state index in [1.807, 2.05) is 18.2 Å². The molecule has 0 rings (SSSR count). The second kappa shape index (κ2) is 40.7. The van der Waals surface area contributed by atoms with Gasteiger partial charge in [-0.05, 0) is 70.6 Å². The van der Waals surface area contributed by atoms with Crippen LogP contribution in [0.3, 0.4) is 0 Å². The second-order valence-electron chi connectivity index (χ2n) is 15.0. The van der Waals surface area contributed by atoms with E-state index in [-0.39, 0.29) is 25.7 Å². The van der Waals surface area contributed by atoms with Crippen LogP contribution in [0.5, 0.6) is 0 Å². The average Bonchev–Trinajstić information content (AvgIpc) is 3.23. The highest BCUT2D eigenvalue weighted by atomic mass is 31.2. The molecule has 0 radical (unpaired) electrons. The van der Waals surface area contributed by atoms with Gasteiger partial charge in [-0.3, -0.25) is 23.2 Å². The van der Waals surface area contributed by atoms with E-state index in [4.69, 9.17) is 23.8 Å². The van der Waals surface area contributed by atoms with Crippen molar-refractivity contribution in [1.29, 1.82) is 0 Å². The number of ether oxygens (including phenoxy) is 2. The zero-order valence-corrected chi connectivity index (χ0v) is 39.4. The minimum Gasteiger partial charge on any atom is -0.462 e. The molecule has 362 valence electrons. The Bertz CT molecular complexity index is 1470. The molecule has 0 amide bonds. The fourth-order valence-electron chi connectivity index (χ4n) is 5.44. The van der Waals surface area contributed by atoms with Gasteiger partial charge in [-0.25, -0.2) is 9.13 Å². The zero-order valence-electron chi connectivity index (χ0n) is 37.6. The van der Waals surface area contributed by atoms with Gasteiger partial charge in [0.1, 0.15) is 12.7 Å². The van der Waals surface area contributed by atoms with Gasteiger partial charge in [0.05, 0.1) is 32.0 Å².